The lowest BCUT2D eigenvalue weighted by molar-refractivity contribution is -0.179. The van der Waals surface area contributed by atoms with Gasteiger partial charge in [0, 0.05) is 24.6 Å². The Labute approximate surface area is 127 Å². The van der Waals surface area contributed by atoms with Crippen LogP contribution in [0.15, 0.2) is 6.07 Å². The third-order valence-electron chi connectivity index (χ3n) is 3.63. The number of rotatable bonds is 1. The summed E-state index contributed by atoms with van der Waals surface area (Å²) in [5.41, 5.74) is -0.260. The molecule has 0 spiro atoms. The third kappa shape index (κ3) is 3.99. The van der Waals surface area contributed by atoms with Crippen molar-refractivity contribution in [2.75, 3.05) is 18.0 Å². The molecule has 0 radical (unpaired) electrons. The van der Waals surface area contributed by atoms with Crippen molar-refractivity contribution in [1.82, 2.24) is 9.97 Å². The molecule has 1 saturated heterocycles. The Hall–Kier alpha value is -1.04. The second-order valence-electron chi connectivity index (χ2n) is 6.43. The molecule has 0 unspecified atom stereocenters. The Morgan fingerprint density at radius 3 is 2.19 bits per heavy atom. The second kappa shape index (κ2) is 5.63. The van der Waals surface area contributed by atoms with Crippen molar-refractivity contribution in [1.29, 1.82) is 0 Å². The fraction of sp³-hybridized carbons (Fsp3) is 0.714. The first-order valence-corrected chi connectivity index (χ1v) is 7.32. The van der Waals surface area contributed by atoms with Gasteiger partial charge in [0.25, 0.3) is 0 Å². The highest BCUT2D eigenvalue weighted by Gasteiger charge is 2.41. The van der Waals surface area contributed by atoms with Gasteiger partial charge in [0.1, 0.15) is 16.8 Å². The molecular formula is C14H19ClF3N3. The molecule has 0 aliphatic carbocycles. The number of hydrogen-bond acceptors (Lipinski definition) is 3. The van der Waals surface area contributed by atoms with Crippen LogP contribution < -0.4 is 4.90 Å². The Kier molecular flexibility index (Phi) is 4.38. The molecule has 3 nitrogen and oxygen atoms in total. The summed E-state index contributed by atoms with van der Waals surface area (Å²) >= 11 is 6.02. The van der Waals surface area contributed by atoms with Gasteiger partial charge in [0.2, 0.25) is 0 Å². The van der Waals surface area contributed by atoms with Crippen molar-refractivity contribution in [3.8, 4) is 0 Å². The SMILES string of the molecule is CC(C)(C)c1nc(Cl)cc(N2CCC(C(F)(F)F)CC2)n1. The summed E-state index contributed by atoms with van der Waals surface area (Å²) in [7, 11) is 0. The van der Waals surface area contributed by atoms with E-state index in [1.807, 2.05) is 25.7 Å². The molecule has 1 aromatic heterocycles. The number of hydrogen-bond donors (Lipinski definition) is 0. The monoisotopic (exact) mass is 321 g/mol. The van der Waals surface area contributed by atoms with E-state index in [0.717, 1.165) is 0 Å². The van der Waals surface area contributed by atoms with E-state index < -0.39 is 12.1 Å². The number of nitrogens with zero attached hydrogens (tertiary/aromatic N) is 3. The lowest BCUT2D eigenvalue weighted by Crippen LogP contribution is -2.39. The summed E-state index contributed by atoms with van der Waals surface area (Å²) < 4.78 is 38.1. The number of alkyl halides is 3. The number of halogens is 4. The number of anilines is 1. The molecule has 1 aromatic rings. The second-order valence-corrected chi connectivity index (χ2v) is 6.81. The van der Waals surface area contributed by atoms with Gasteiger partial charge in [-0.25, -0.2) is 9.97 Å². The molecule has 1 fully saturated rings. The summed E-state index contributed by atoms with van der Waals surface area (Å²) in [4.78, 5) is 10.5. The van der Waals surface area contributed by atoms with Crippen LogP contribution in [0.2, 0.25) is 5.15 Å². The summed E-state index contributed by atoms with van der Waals surface area (Å²) in [5.74, 6) is -0.00311. The third-order valence-corrected chi connectivity index (χ3v) is 3.83. The average molecular weight is 322 g/mol. The van der Waals surface area contributed by atoms with E-state index in [0.29, 0.717) is 29.9 Å². The van der Waals surface area contributed by atoms with Gasteiger partial charge < -0.3 is 4.90 Å². The highest BCUT2D eigenvalue weighted by molar-refractivity contribution is 6.29. The minimum atomic E-state index is -4.11. The van der Waals surface area contributed by atoms with Crippen molar-refractivity contribution in [3.05, 3.63) is 17.0 Å². The normalized spacial score (nSPS) is 18.1. The van der Waals surface area contributed by atoms with Crippen LogP contribution in [0.1, 0.15) is 39.4 Å². The van der Waals surface area contributed by atoms with Crippen LogP contribution in [-0.4, -0.2) is 29.2 Å². The maximum Gasteiger partial charge on any atom is 0.391 e. The van der Waals surface area contributed by atoms with Gasteiger partial charge in [-0.1, -0.05) is 32.4 Å². The van der Waals surface area contributed by atoms with Crippen LogP contribution in [0.25, 0.3) is 0 Å². The fourth-order valence-corrected chi connectivity index (χ4v) is 2.52. The molecule has 0 amide bonds. The largest absolute Gasteiger partial charge is 0.391 e. The van der Waals surface area contributed by atoms with Crippen molar-refractivity contribution in [2.45, 2.75) is 45.2 Å². The van der Waals surface area contributed by atoms with Crippen LogP contribution in [0.5, 0.6) is 0 Å². The minimum absolute atomic E-state index is 0.0932. The minimum Gasteiger partial charge on any atom is -0.356 e. The zero-order valence-corrected chi connectivity index (χ0v) is 13.1. The van der Waals surface area contributed by atoms with Crippen LogP contribution in [0.4, 0.5) is 19.0 Å². The fourth-order valence-electron chi connectivity index (χ4n) is 2.34. The summed E-state index contributed by atoms with van der Waals surface area (Å²) in [5, 5.41) is 0.322. The first kappa shape index (κ1) is 16.3. The maximum atomic E-state index is 12.7. The Morgan fingerprint density at radius 2 is 1.71 bits per heavy atom. The highest BCUT2D eigenvalue weighted by atomic mass is 35.5. The van der Waals surface area contributed by atoms with E-state index in [-0.39, 0.29) is 18.3 Å². The van der Waals surface area contributed by atoms with Gasteiger partial charge in [-0.15, -0.1) is 0 Å². The topological polar surface area (TPSA) is 29.0 Å². The van der Waals surface area contributed by atoms with Gasteiger partial charge in [-0.05, 0) is 12.8 Å². The molecule has 118 valence electrons. The zero-order valence-electron chi connectivity index (χ0n) is 12.3. The first-order valence-electron chi connectivity index (χ1n) is 6.94. The smallest absolute Gasteiger partial charge is 0.356 e. The van der Waals surface area contributed by atoms with Crippen LogP contribution >= 0.6 is 11.6 Å². The summed E-state index contributed by atoms with van der Waals surface area (Å²) in [6.45, 7) is 6.58. The number of piperidine rings is 1. The van der Waals surface area contributed by atoms with E-state index in [1.165, 1.54) is 0 Å². The molecule has 1 aliphatic rings. The molecule has 7 heteroatoms. The van der Waals surface area contributed by atoms with E-state index >= 15 is 0 Å². The lowest BCUT2D eigenvalue weighted by atomic mass is 9.95. The van der Waals surface area contributed by atoms with Crippen LogP contribution in [0.3, 0.4) is 0 Å². The standard InChI is InChI=1S/C14H19ClF3N3/c1-13(2,3)12-19-10(15)8-11(20-12)21-6-4-9(5-7-21)14(16,17)18/h8-9H,4-7H2,1-3H3. The van der Waals surface area contributed by atoms with Gasteiger partial charge in [-0.3, -0.25) is 0 Å². The highest BCUT2D eigenvalue weighted by Crippen LogP contribution is 2.35. The molecule has 2 heterocycles. The first-order chi connectivity index (χ1) is 9.57. The molecule has 21 heavy (non-hydrogen) atoms. The Morgan fingerprint density at radius 1 is 1.14 bits per heavy atom. The molecular weight excluding hydrogens is 303 g/mol. The maximum absolute atomic E-state index is 12.7. The van der Waals surface area contributed by atoms with E-state index in [1.54, 1.807) is 6.07 Å². The van der Waals surface area contributed by atoms with Gasteiger partial charge >= 0.3 is 6.18 Å². The molecule has 1 aliphatic heterocycles. The van der Waals surface area contributed by atoms with E-state index in [2.05, 4.69) is 9.97 Å². The molecule has 0 N–H and O–H groups in total. The van der Waals surface area contributed by atoms with Crippen molar-refractivity contribution in [2.24, 2.45) is 5.92 Å². The van der Waals surface area contributed by atoms with Gasteiger partial charge in [0.15, 0.2) is 0 Å². The predicted molar refractivity (Wildman–Crippen MR) is 76.7 cm³/mol. The summed E-state index contributed by atoms with van der Waals surface area (Å²) in [6, 6.07) is 1.62. The van der Waals surface area contributed by atoms with Crippen molar-refractivity contribution < 1.29 is 13.2 Å². The van der Waals surface area contributed by atoms with E-state index in [9.17, 15) is 13.2 Å². The van der Waals surface area contributed by atoms with E-state index in [4.69, 9.17) is 11.6 Å². The van der Waals surface area contributed by atoms with Crippen molar-refractivity contribution >= 4 is 17.4 Å². The molecule has 0 bridgehead atoms. The quantitative estimate of drug-likeness (QED) is 0.726. The molecule has 0 aromatic carbocycles. The number of aromatic nitrogens is 2. The van der Waals surface area contributed by atoms with Gasteiger partial charge in [-0.2, -0.15) is 13.2 Å². The molecule has 0 saturated carbocycles. The molecule has 2 rings (SSSR count). The average Bonchev–Trinajstić information content (AvgIpc) is 2.36. The Bertz CT molecular complexity index is 503. The molecule has 0 atom stereocenters. The lowest BCUT2D eigenvalue weighted by Gasteiger charge is -2.34. The zero-order chi connectivity index (χ0) is 15.8. The van der Waals surface area contributed by atoms with Crippen LogP contribution in [0, 0.1) is 5.92 Å². The van der Waals surface area contributed by atoms with Crippen LogP contribution in [-0.2, 0) is 5.41 Å². The Balaban J connectivity index is 2.16. The van der Waals surface area contributed by atoms with Crippen molar-refractivity contribution in [3.63, 3.8) is 0 Å². The van der Waals surface area contributed by atoms with Gasteiger partial charge in [0.05, 0.1) is 5.92 Å². The summed E-state index contributed by atoms with van der Waals surface area (Å²) in [6.07, 6.45) is -3.92. The predicted octanol–water partition coefficient (Wildman–Crippen LogP) is 4.21.